The van der Waals surface area contributed by atoms with E-state index in [9.17, 15) is 10.1 Å². The monoisotopic (exact) mass is 339 g/mol. The Morgan fingerprint density at radius 2 is 1.96 bits per heavy atom. The second-order valence-electron chi connectivity index (χ2n) is 5.76. The molecule has 0 aliphatic carbocycles. The van der Waals surface area contributed by atoms with Crippen molar-refractivity contribution in [2.24, 2.45) is 0 Å². The first-order chi connectivity index (χ1) is 12.2. The van der Waals surface area contributed by atoms with Gasteiger partial charge in [0.15, 0.2) is 0 Å². The molecule has 0 atom stereocenters. The predicted molar refractivity (Wildman–Crippen MR) is 95.5 cm³/mol. The lowest BCUT2D eigenvalue weighted by atomic mass is 10.2. The minimum atomic E-state index is -0.413. The number of rotatable bonds is 4. The first-order valence-electron chi connectivity index (χ1n) is 8.04. The van der Waals surface area contributed by atoms with Crippen molar-refractivity contribution in [1.82, 2.24) is 9.97 Å². The number of nitro benzene ring substituents is 1. The van der Waals surface area contributed by atoms with Crippen molar-refractivity contribution in [2.45, 2.75) is 0 Å². The van der Waals surface area contributed by atoms with E-state index in [2.05, 4.69) is 20.2 Å². The largest absolute Gasteiger partial charge is 0.378 e. The molecule has 0 unspecified atom stereocenters. The van der Waals surface area contributed by atoms with Crippen molar-refractivity contribution < 1.29 is 9.66 Å². The van der Waals surface area contributed by atoms with Gasteiger partial charge in [-0.05, 0) is 18.2 Å². The fraction of sp³-hybridized carbons (Fsp3) is 0.235. The maximum Gasteiger partial charge on any atom is 0.292 e. The summed E-state index contributed by atoms with van der Waals surface area (Å²) in [6, 6.07) is 12.5. The van der Waals surface area contributed by atoms with Gasteiger partial charge in [-0.25, -0.2) is 4.98 Å². The fourth-order valence-corrected chi connectivity index (χ4v) is 3.00. The molecule has 2 N–H and O–H groups in total. The number of para-hydroxylation sites is 3. The Bertz CT molecular complexity index is 918. The van der Waals surface area contributed by atoms with Crippen LogP contribution in [-0.2, 0) is 4.74 Å². The van der Waals surface area contributed by atoms with Crippen molar-refractivity contribution >= 4 is 34.0 Å². The van der Waals surface area contributed by atoms with Crippen LogP contribution in [0.3, 0.4) is 0 Å². The summed E-state index contributed by atoms with van der Waals surface area (Å²) in [5.74, 6) is 0.477. The molecule has 8 heteroatoms. The molecular weight excluding hydrogens is 322 g/mol. The highest BCUT2D eigenvalue weighted by molar-refractivity contribution is 5.91. The number of hydrogen-bond donors (Lipinski definition) is 2. The van der Waals surface area contributed by atoms with E-state index in [1.54, 1.807) is 18.2 Å². The third-order valence-corrected chi connectivity index (χ3v) is 4.20. The molecule has 8 nitrogen and oxygen atoms in total. The number of morpholine rings is 1. The highest BCUT2D eigenvalue weighted by atomic mass is 16.6. The van der Waals surface area contributed by atoms with Crippen molar-refractivity contribution in [1.29, 1.82) is 0 Å². The number of benzene rings is 2. The number of anilines is 3. The Labute approximate surface area is 143 Å². The van der Waals surface area contributed by atoms with Gasteiger partial charge in [-0.3, -0.25) is 10.1 Å². The van der Waals surface area contributed by atoms with Crippen LogP contribution in [0.4, 0.5) is 23.0 Å². The van der Waals surface area contributed by atoms with Crippen LogP contribution in [0, 0.1) is 10.1 Å². The molecule has 0 bridgehead atoms. The van der Waals surface area contributed by atoms with E-state index >= 15 is 0 Å². The van der Waals surface area contributed by atoms with Gasteiger partial charge in [-0.15, -0.1) is 0 Å². The zero-order valence-corrected chi connectivity index (χ0v) is 13.4. The Balaban J connectivity index is 1.69. The SMILES string of the molecule is O=[N+]([O-])c1ccccc1Nc1nc2c(N3CCOCC3)cccc2[nH]1. The third kappa shape index (κ3) is 2.99. The van der Waals surface area contributed by atoms with Gasteiger partial charge in [0.2, 0.25) is 5.95 Å². The van der Waals surface area contributed by atoms with Crippen LogP contribution >= 0.6 is 0 Å². The Morgan fingerprint density at radius 3 is 2.76 bits per heavy atom. The van der Waals surface area contributed by atoms with Crippen LogP contribution < -0.4 is 10.2 Å². The van der Waals surface area contributed by atoms with E-state index in [0.717, 1.165) is 29.8 Å². The molecule has 1 fully saturated rings. The number of aromatic amines is 1. The summed E-state index contributed by atoms with van der Waals surface area (Å²) < 4.78 is 5.41. The van der Waals surface area contributed by atoms with Crippen LogP contribution in [-0.4, -0.2) is 41.2 Å². The Hall–Kier alpha value is -3.13. The molecule has 2 heterocycles. The lowest BCUT2D eigenvalue weighted by Crippen LogP contribution is -2.36. The van der Waals surface area contributed by atoms with E-state index in [-0.39, 0.29) is 5.69 Å². The number of aromatic nitrogens is 2. The maximum absolute atomic E-state index is 11.2. The molecule has 1 aromatic heterocycles. The summed E-state index contributed by atoms with van der Waals surface area (Å²) in [6.45, 7) is 3.03. The summed E-state index contributed by atoms with van der Waals surface area (Å²) in [5.41, 5.74) is 3.17. The molecule has 4 rings (SSSR count). The van der Waals surface area contributed by atoms with Crippen LogP contribution in [0.1, 0.15) is 0 Å². The van der Waals surface area contributed by atoms with Crippen molar-refractivity contribution in [2.75, 3.05) is 36.5 Å². The highest BCUT2D eigenvalue weighted by Gasteiger charge is 2.18. The molecule has 0 radical (unpaired) electrons. The quantitative estimate of drug-likeness (QED) is 0.560. The second-order valence-corrected chi connectivity index (χ2v) is 5.76. The van der Waals surface area contributed by atoms with E-state index in [1.165, 1.54) is 6.07 Å². The first kappa shape index (κ1) is 15.4. The molecule has 25 heavy (non-hydrogen) atoms. The standard InChI is InChI=1S/C17H17N5O3/c23-22(24)14-6-2-1-4-12(14)18-17-19-13-5-3-7-15(16(13)20-17)21-8-10-25-11-9-21/h1-7H,8-11H2,(H2,18,19,20). The fourth-order valence-electron chi connectivity index (χ4n) is 3.00. The molecule has 1 aliphatic heterocycles. The third-order valence-electron chi connectivity index (χ3n) is 4.20. The van der Waals surface area contributed by atoms with Crippen LogP contribution in [0.15, 0.2) is 42.5 Å². The second kappa shape index (κ2) is 6.40. The number of nitrogens with zero attached hydrogens (tertiary/aromatic N) is 3. The van der Waals surface area contributed by atoms with Gasteiger partial charge in [-0.2, -0.15) is 0 Å². The number of hydrogen-bond acceptors (Lipinski definition) is 6. The topological polar surface area (TPSA) is 96.3 Å². The number of nitrogens with one attached hydrogen (secondary N) is 2. The summed E-state index contributed by atoms with van der Waals surface area (Å²) >= 11 is 0. The normalized spacial score (nSPS) is 14.6. The van der Waals surface area contributed by atoms with Crippen molar-refractivity contribution in [3.05, 3.63) is 52.6 Å². The first-order valence-corrected chi connectivity index (χ1v) is 8.04. The molecule has 0 amide bonds. The average molecular weight is 339 g/mol. The van der Waals surface area contributed by atoms with E-state index in [4.69, 9.17) is 4.74 Å². The minimum absolute atomic E-state index is 0.0105. The maximum atomic E-state index is 11.2. The zero-order valence-electron chi connectivity index (χ0n) is 13.4. The predicted octanol–water partition coefficient (Wildman–Crippen LogP) is 3.05. The molecule has 0 spiro atoms. The van der Waals surface area contributed by atoms with Gasteiger partial charge in [-0.1, -0.05) is 18.2 Å². The van der Waals surface area contributed by atoms with Gasteiger partial charge in [0, 0.05) is 19.2 Å². The lowest BCUT2D eigenvalue weighted by Gasteiger charge is -2.28. The van der Waals surface area contributed by atoms with Gasteiger partial charge in [0.1, 0.15) is 11.2 Å². The number of fused-ring (bicyclic) bond motifs is 1. The van der Waals surface area contributed by atoms with Crippen LogP contribution in [0.5, 0.6) is 0 Å². The zero-order chi connectivity index (χ0) is 17.2. The van der Waals surface area contributed by atoms with E-state index in [1.807, 2.05) is 18.2 Å². The Morgan fingerprint density at radius 1 is 1.16 bits per heavy atom. The molecule has 3 aromatic rings. The van der Waals surface area contributed by atoms with E-state index in [0.29, 0.717) is 24.8 Å². The molecule has 1 saturated heterocycles. The lowest BCUT2D eigenvalue weighted by molar-refractivity contribution is -0.383. The molecular formula is C17H17N5O3. The molecule has 1 aliphatic rings. The minimum Gasteiger partial charge on any atom is -0.378 e. The number of H-pyrrole nitrogens is 1. The summed E-state index contributed by atoms with van der Waals surface area (Å²) in [7, 11) is 0. The number of ether oxygens (including phenoxy) is 1. The van der Waals surface area contributed by atoms with Gasteiger partial charge in [0.25, 0.3) is 5.69 Å². The number of nitro groups is 1. The molecule has 2 aromatic carbocycles. The summed E-state index contributed by atoms with van der Waals surface area (Å²) in [6.07, 6.45) is 0. The smallest absolute Gasteiger partial charge is 0.292 e. The highest BCUT2D eigenvalue weighted by Crippen LogP contribution is 2.30. The van der Waals surface area contributed by atoms with Crippen LogP contribution in [0.2, 0.25) is 0 Å². The molecule has 0 saturated carbocycles. The summed E-state index contributed by atoms with van der Waals surface area (Å²) in [4.78, 5) is 20.8. The van der Waals surface area contributed by atoms with Crippen LogP contribution in [0.25, 0.3) is 11.0 Å². The number of imidazole rings is 1. The van der Waals surface area contributed by atoms with Gasteiger partial charge in [0.05, 0.1) is 29.3 Å². The summed E-state index contributed by atoms with van der Waals surface area (Å²) in [5, 5.41) is 14.2. The van der Waals surface area contributed by atoms with Crippen molar-refractivity contribution in [3.8, 4) is 0 Å². The van der Waals surface area contributed by atoms with Gasteiger partial charge >= 0.3 is 0 Å². The Kier molecular flexibility index (Phi) is 3.95. The van der Waals surface area contributed by atoms with Gasteiger partial charge < -0.3 is 19.9 Å². The van der Waals surface area contributed by atoms with Crippen molar-refractivity contribution in [3.63, 3.8) is 0 Å². The molecule has 128 valence electrons. The average Bonchev–Trinajstić information content (AvgIpc) is 3.05. The van der Waals surface area contributed by atoms with E-state index < -0.39 is 4.92 Å².